The van der Waals surface area contributed by atoms with Crippen molar-refractivity contribution in [2.45, 2.75) is 45.3 Å². The van der Waals surface area contributed by atoms with E-state index in [2.05, 4.69) is 30.9 Å². The van der Waals surface area contributed by atoms with Crippen molar-refractivity contribution >= 4 is 5.69 Å². The molecule has 0 bridgehead atoms. The Morgan fingerprint density at radius 3 is 2.65 bits per heavy atom. The van der Waals surface area contributed by atoms with E-state index in [-0.39, 0.29) is 12.1 Å². The fourth-order valence-electron chi connectivity index (χ4n) is 2.93. The molecule has 1 fully saturated rings. The Morgan fingerprint density at radius 2 is 2.00 bits per heavy atom. The molecule has 1 aliphatic rings. The fraction of sp³-hybridized carbons (Fsp3) is 0.647. The minimum absolute atomic E-state index is 0.147. The van der Waals surface area contributed by atoms with E-state index >= 15 is 0 Å². The molecular formula is C17H28N2O. The highest BCUT2D eigenvalue weighted by molar-refractivity contribution is 5.49. The number of benzene rings is 1. The van der Waals surface area contributed by atoms with Gasteiger partial charge < -0.3 is 15.4 Å². The predicted octanol–water partition coefficient (Wildman–Crippen LogP) is 3.28. The van der Waals surface area contributed by atoms with Crippen molar-refractivity contribution in [3.8, 4) is 5.75 Å². The van der Waals surface area contributed by atoms with Crippen LogP contribution in [-0.2, 0) is 0 Å². The zero-order valence-corrected chi connectivity index (χ0v) is 13.2. The predicted molar refractivity (Wildman–Crippen MR) is 85.3 cm³/mol. The topological polar surface area (TPSA) is 38.5 Å². The molecule has 1 aromatic rings. The van der Waals surface area contributed by atoms with Gasteiger partial charge >= 0.3 is 0 Å². The highest BCUT2D eigenvalue weighted by Crippen LogP contribution is 2.32. The van der Waals surface area contributed by atoms with Crippen molar-refractivity contribution in [3.05, 3.63) is 24.3 Å². The van der Waals surface area contributed by atoms with E-state index in [0.717, 1.165) is 30.2 Å². The molecule has 1 aromatic carbocycles. The van der Waals surface area contributed by atoms with Gasteiger partial charge in [0.25, 0.3) is 0 Å². The Labute approximate surface area is 123 Å². The van der Waals surface area contributed by atoms with Gasteiger partial charge in [0, 0.05) is 31.9 Å². The number of nitrogens with two attached hydrogens (primary N) is 1. The molecular weight excluding hydrogens is 248 g/mol. The fourth-order valence-corrected chi connectivity index (χ4v) is 2.93. The largest absolute Gasteiger partial charge is 0.489 e. The first-order chi connectivity index (χ1) is 9.47. The number of rotatable bonds is 4. The van der Waals surface area contributed by atoms with Crippen LogP contribution < -0.4 is 15.4 Å². The van der Waals surface area contributed by atoms with Gasteiger partial charge in [-0.2, -0.15) is 0 Å². The molecule has 0 radical (unpaired) electrons. The molecule has 2 rings (SSSR count). The third-order valence-corrected chi connectivity index (χ3v) is 4.45. The van der Waals surface area contributed by atoms with Gasteiger partial charge in [-0.1, -0.05) is 19.9 Å². The van der Waals surface area contributed by atoms with E-state index in [1.807, 2.05) is 26.2 Å². The molecule has 0 aliphatic heterocycles. The highest BCUT2D eigenvalue weighted by Gasteiger charge is 2.31. The Hall–Kier alpha value is -1.22. The summed E-state index contributed by atoms with van der Waals surface area (Å²) in [5.41, 5.74) is 7.41. The number of anilines is 1. The molecule has 0 amide bonds. The third kappa shape index (κ3) is 3.66. The summed E-state index contributed by atoms with van der Waals surface area (Å²) in [5.74, 6) is 2.37. The zero-order valence-electron chi connectivity index (χ0n) is 13.2. The average Bonchev–Trinajstić information content (AvgIpc) is 2.41. The van der Waals surface area contributed by atoms with Crippen molar-refractivity contribution in [2.24, 2.45) is 17.6 Å². The van der Waals surface area contributed by atoms with Crippen molar-refractivity contribution in [1.82, 2.24) is 0 Å². The summed E-state index contributed by atoms with van der Waals surface area (Å²) in [5, 5.41) is 0. The molecule has 3 nitrogen and oxygen atoms in total. The quantitative estimate of drug-likeness (QED) is 0.917. The molecule has 0 saturated heterocycles. The van der Waals surface area contributed by atoms with E-state index in [4.69, 9.17) is 10.5 Å². The maximum absolute atomic E-state index is 6.25. The molecule has 1 saturated carbocycles. The van der Waals surface area contributed by atoms with Crippen molar-refractivity contribution < 1.29 is 4.74 Å². The minimum Gasteiger partial charge on any atom is -0.489 e. The van der Waals surface area contributed by atoms with Gasteiger partial charge in [-0.15, -0.1) is 0 Å². The van der Waals surface area contributed by atoms with Crippen LogP contribution in [0.4, 0.5) is 5.69 Å². The Bertz CT molecular complexity index is 431. The van der Waals surface area contributed by atoms with Crippen LogP contribution in [0.3, 0.4) is 0 Å². The summed E-state index contributed by atoms with van der Waals surface area (Å²) >= 11 is 0. The van der Waals surface area contributed by atoms with Gasteiger partial charge in [0.15, 0.2) is 0 Å². The van der Waals surface area contributed by atoms with Crippen LogP contribution in [-0.4, -0.2) is 26.2 Å². The molecule has 2 N–H and O–H groups in total. The smallest absolute Gasteiger partial charge is 0.121 e. The van der Waals surface area contributed by atoms with Crippen LogP contribution in [0.25, 0.3) is 0 Å². The van der Waals surface area contributed by atoms with Crippen molar-refractivity contribution in [1.29, 1.82) is 0 Å². The van der Waals surface area contributed by atoms with Gasteiger partial charge in [-0.3, -0.25) is 0 Å². The second-order valence-corrected chi connectivity index (χ2v) is 6.53. The molecule has 1 aliphatic carbocycles. The Morgan fingerprint density at radius 1 is 1.25 bits per heavy atom. The maximum atomic E-state index is 6.25. The SMILES string of the molecule is CC(C)C1CCC(N)C(Oc2cccc(N(C)C)c2)C1. The summed E-state index contributed by atoms with van der Waals surface area (Å²) in [6.07, 6.45) is 3.52. The van der Waals surface area contributed by atoms with E-state index in [0.29, 0.717) is 5.92 Å². The van der Waals surface area contributed by atoms with Crippen LogP contribution in [0, 0.1) is 11.8 Å². The number of hydrogen-bond acceptors (Lipinski definition) is 3. The highest BCUT2D eigenvalue weighted by atomic mass is 16.5. The normalized spacial score (nSPS) is 26.6. The number of ether oxygens (including phenoxy) is 1. The van der Waals surface area contributed by atoms with Crippen LogP contribution in [0.5, 0.6) is 5.75 Å². The Kier molecular flexibility index (Phi) is 4.92. The number of hydrogen-bond donors (Lipinski definition) is 1. The first kappa shape index (κ1) is 15.2. The average molecular weight is 276 g/mol. The second kappa shape index (κ2) is 6.49. The minimum atomic E-state index is 0.147. The number of nitrogens with zero attached hydrogens (tertiary/aromatic N) is 1. The molecule has 0 spiro atoms. The first-order valence-corrected chi connectivity index (χ1v) is 7.67. The van der Waals surface area contributed by atoms with E-state index in [1.54, 1.807) is 0 Å². The van der Waals surface area contributed by atoms with Crippen molar-refractivity contribution in [2.75, 3.05) is 19.0 Å². The van der Waals surface area contributed by atoms with E-state index in [9.17, 15) is 0 Å². The lowest BCUT2D eigenvalue weighted by molar-refractivity contribution is 0.0868. The summed E-state index contributed by atoms with van der Waals surface area (Å²) in [6.45, 7) is 4.59. The van der Waals surface area contributed by atoms with Crippen LogP contribution in [0.1, 0.15) is 33.1 Å². The maximum Gasteiger partial charge on any atom is 0.121 e. The Balaban J connectivity index is 2.05. The second-order valence-electron chi connectivity index (χ2n) is 6.53. The van der Waals surface area contributed by atoms with Gasteiger partial charge in [-0.25, -0.2) is 0 Å². The summed E-state index contributed by atoms with van der Waals surface area (Å²) in [6, 6.07) is 8.40. The lowest BCUT2D eigenvalue weighted by Gasteiger charge is -2.36. The van der Waals surface area contributed by atoms with Gasteiger partial charge in [-0.05, 0) is 43.2 Å². The first-order valence-electron chi connectivity index (χ1n) is 7.67. The van der Waals surface area contributed by atoms with Crippen molar-refractivity contribution in [3.63, 3.8) is 0 Å². The molecule has 3 unspecified atom stereocenters. The van der Waals surface area contributed by atoms with Crippen LogP contribution >= 0.6 is 0 Å². The molecule has 20 heavy (non-hydrogen) atoms. The molecule has 3 atom stereocenters. The van der Waals surface area contributed by atoms with E-state index in [1.165, 1.54) is 6.42 Å². The monoisotopic (exact) mass is 276 g/mol. The molecule has 112 valence electrons. The van der Waals surface area contributed by atoms with Gasteiger partial charge in [0.2, 0.25) is 0 Å². The van der Waals surface area contributed by atoms with E-state index < -0.39 is 0 Å². The van der Waals surface area contributed by atoms with Gasteiger partial charge in [0.1, 0.15) is 11.9 Å². The van der Waals surface area contributed by atoms with Gasteiger partial charge in [0.05, 0.1) is 0 Å². The molecule has 0 aromatic heterocycles. The van der Waals surface area contributed by atoms with Crippen LogP contribution in [0.2, 0.25) is 0 Å². The summed E-state index contributed by atoms with van der Waals surface area (Å²) in [4.78, 5) is 2.09. The zero-order chi connectivity index (χ0) is 14.7. The molecule has 0 heterocycles. The third-order valence-electron chi connectivity index (χ3n) is 4.45. The lowest BCUT2D eigenvalue weighted by atomic mass is 9.78. The lowest BCUT2D eigenvalue weighted by Crippen LogP contribution is -2.44. The summed E-state index contributed by atoms with van der Waals surface area (Å²) in [7, 11) is 4.08. The standard InChI is InChI=1S/C17H28N2O/c1-12(2)13-8-9-16(18)17(10-13)20-15-7-5-6-14(11-15)19(3)4/h5-7,11-13,16-17H,8-10,18H2,1-4H3. The molecule has 3 heteroatoms. The summed E-state index contributed by atoms with van der Waals surface area (Å²) < 4.78 is 6.19. The van der Waals surface area contributed by atoms with Crippen LogP contribution in [0.15, 0.2) is 24.3 Å².